The van der Waals surface area contributed by atoms with Crippen LogP contribution < -0.4 is 5.73 Å². The Hall–Kier alpha value is -1.72. The van der Waals surface area contributed by atoms with E-state index in [1.807, 2.05) is 24.3 Å². The molecule has 19 heavy (non-hydrogen) atoms. The van der Waals surface area contributed by atoms with Gasteiger partial charge in [0.05, 0.1) is 4.92 Å². The number of hydrogen-bond acceptors (Lipinski definition) is 3. The van der Waals surface area contributed by atoms with Gasteiger partial charge in [-0.2, -0.15) is 0 Å². The minimum atomic E-state index is -0.371. The molecule has 0 aromatic heterocycles. The average Bonchev–Trinajstić information content (AvgIpc) is 2.39. The van der Waals surface area contributed by atoms with Crippen LogP contribution in [0.15, 0.2) is 53.0 Å². The molecule has 2 aromatic rings. The number of nitrogens with two attached hydrogens (primary N) is 1. The molecule has 2 aromatic carbocycles. The van der Waals surface area contributed by atoms with Crippen LogP contribution in [0.3, 0.4) is 0 Å². The van der Waals surface area contributed by atoms with E-state index in [1.165, 1.54) is 6.07 Å². The lowest BCUT2D eigenvalue weighted by Gasteiger charge is -2.12. The third kappa shape index (κ3) is 3.39. The fraction of sp³-hybridized carbons (Fsp3) is 0.143. The lowest BCUT2D eigenvalue weighted by molar-refractivity contribution is -0.385. The molecule has 0 saturated heterocycles. The lowest BCUT2D eigenvalue weighted by atomic mass is 9.99. The summed E-state index contributed by atoms with van der Waals surface area (Å²) in [6.07, 6.45) is 0.443. The van der Waals surface area contributed by atoms with Crippen molar-refractivity contribution in [3.63, 3.8) is 0 Å². The molecule has 0 saturated carbocycles. The van der Waals surface area contributed by atoms with Crippen LogP contribution in [-0.2, 0) is 6.42 Å². The summed E-state index contributed by atoms with van der Waals surface area (Å²) in [6, 6.07) is 14.1. The topological polar surface area (TPSA) is 69.2 Å². The van der Waals surface area contributed by atoms with Crippen molar-refractivity contribution in [3.8, 4) is 0 Å². The Morgan fingerprint density at radius 3 is 2.42 bits per heavy atom. The van der Waals surface area contributed by atoms with Crippen LogP contribution >= 0.6 is 15.9 Å². The minimum absolute atomic E-state index is 0.120. The van der Waals surface area contributed by atoms with Gasteiger partial charge < -0.3 is 5.73 Å². The molecule has 0 aliphatic carbocycles. The number of halogens is 1. The van der Waals surface area contributed by atoms with Crippen LogP contribution in [0.2, 0.25) is 0 Å². The maximum Gasteiger partial charge on any atom is 0.272 e. The van der Waals surface area contributed by atoms with E-state index in [9.17, 15) is 10.1 Å². The lowest BCUT2D eigenvalue weighted by Crippen LogP contribution is -2.14. The Labute approximate surface area is 119 Å². The summed E-state index contributed by atoms with van der Waals surface area (Å²) in [5, 5.41) is 10.9. The molecule has 5 heteroatoms. The highest BCUT2D eigenvalue weighted by Crippen LogP contribution is 2.24. The summed E-state index contributed by atoms with van der Waals surface area (Å²) in [5.74, 6) is 0. The SMILES string of the molecule is NC(Cc1ccccc1[N+](=O)[O-])c1ccc(Br)cc1. The van der Waals surface area contributed by atoms with Crippen LogP contribution in [0.1, 0.15) is 17.2 Å². The number of nitro groups is 1. The Bertz CT molecular complexity index is 584. The molecule has 0 heterocycles. The molecule has 1 atom stereocenters. The molecule has 0 aliphatic heterocycles. The average molecular weight is 321 g/mol. The predicted octanol–water partition coefficient (Wildman–Crippen LogP) is 3.60. The highest BCUT2D eigenvalue weighted by atomic mass is 79.9. The molecular formula is C14H13BrN2O2. The Kier molecular flexibility index (Phi) is 4.29. The number of benzene rings is 2. The third-order valence-corrected chi connectivity index (χ3v) is 3.45. The Morgan fingerprint density at radius 2 is 1.79 bits per heavy atom. The predicted molar refractivity (Wildman–Crippen MR) is 77.9 cm³/mol. The van der Waals surface area contributed by atoms with Crippen molar-refractivity contribution in [2.75, 3.05) is 0 Å². The van der Waals surface area contributed by atoms with Gasteiger partial charge in [-0.3, -0.25) is 10.1 Å². The number of hydrogen-bond donors (Lipinski definition) is 1. The number of rotatable bonds is 4. The van der Waals surface area contributed by atoms with Gasteiger partial charge in [0.2, 0.25) is 0 Å². The standard InChI is InChI=1S/C14H13BrN2O2/c15-12-7-5-10(6-8-12)13(16)9-11-3-1-2-4-14(11)17(18)19/h1-8,13H,9,16H2. The molecule has 0 bridgehead atoms. The van der Waals surface area contributed by atoms with Gasteiger partial charge in [0, 0.05) is 22.1 Å². The molecule has 1 unspecified atom stereocenters. The van der Waals surface area contributed by atoms with E-state index >= 15 is 0 Å². The molecule has 0 fully saturated rings. The van der Waals surface area contributed by atoms with E-state index in [0.29, 0.717) is 12.0 Å². The Balaban J connectivity index is 2.21. The molecule has 2 N–H and O–H groups in total. The molecule has 98 valence electrons. The van der Waals surface area contributed by atoms with Gasteiger partial charge in [0.25, 0.3) is 5.69 Å². The van der Waals surface area contributed by atoms with E-state index < -0.39 is 0 Å². The fourth-order valence-electron chi connectivity index (χ4n) is 1.93. The van der Waals surface area contributed by atoms with Crippen molar-refractivity contribution >= 4 is 21.6 Å². The van der Waals surface area contributed by atoms with Crippen molar-refractivity contribution in [1.29, 1.82) is 0 Å². The van der Waals surface area contributed by atoms with Gasteiger partial charge >= 0.3 is 0 Å². The van der Waals surface area contributed by atoms with Gasteiger partial charge in [-0.05, 0) is 24.1 Å². The summed E-state index contributed by atoms with van der Waals surface area (Å²) in [5.41, 5.74) is 7.84. The quantitative estimate of drug-likeness (QED) is 0.691. The molecular weight excluding hydrogens is 308 g/mol. The molecule has 0 radical (unpaired) electrons. The molecule has 0 amide bonds. The molecule has 2 rings (SSSR count). The highest BCUT2D eigenvalue weighted by molar-refractivity contribution is 9.10. The first-order valence-electron chi connectivity index (χ1n) is 5.81. The van der Waals surface area contributed by atoms with Gasteiger partial charge in [0.15, 0.2) is 0 Å². The van der Waals surface area contributed by atoms with Crippen molar-refractivity contribution in [1.82, 2.24) is 0 Å². The van der Waals surface area contributed by atoms with E-state index in [0.717, 1.165) is 10.0 Å². The number of nitro benzene ring substituents is 1. The third-order valence-electron chi connectivity index (χ3n) is 2.93. The second-order valence-electron chi connectivity index (χ2n) is 4.25. The highest BCUT2D eigenvalue weighted by Gasteiger charge is 2.16. The van der Waals surface area contributed by atoms with E-state index in [2.05, 4.69) is 15.9 Å². The van der Waals surface area contributed by atoms with Crippen LogP contribution in [0, 0.1) is 10.1 Å². The van der Waals surface area contributed by atoms with Crippen molar-refractivity contribution in [3.05, 3.63) is 74.2 Å². The summed E-state index contributed by atoms with van der Waals surface area (Å²) in [4.78, 5) is 10.6. The summed E-state index contributed by atoms with van der Waals surface area (Å²) < 4.78 is 0.981. The first kappa shape index (κ1) is 13.7. The largest absolute Gasteiger partial charge is 0.324 e. The van der Waals surface area contributed by atoms with Crippen LogP contribution in [0.25, 0.3) is 0 Å². The summed E-state index contributed by atoms with van der Waals surface area (Å²) >= 11 is 3.36. The zero-order chi connectivity index (χ0) is 13.8. The van der Waals surface area contributed by atoms with Crippen molar-refractivity contribution < 1.29 is 4.92 Å². The van der Waals surface area contributed by atoms with Gasteiger partial charge in [-0.25, -0.2) is 0 Å². The zero-order valence-electron chi connectivity index (χ0n) is 10.1. The normalized spacial score (nSPS) is 12.1. The smallest absolute Gasteiger partial charge is 0.272 e. The maximum absolute atomic E-state index is 10.9. The zero-order valence-corrected chi connectivity index (χ0v) is 11.7. The second kappa shape index (κ2) is 5.95. The number of nitrogens with zero attached hydrogens (tertiary/aromatic N) is 1. The summed E-state index contributed by atoms with van der Waals surface area (Å²) in [6.45, 7) is 0. The second-order valence-corrected chi connectivity index (χ2v) is 5.16. The van der Waals surface area contributed by atoms with Crippen LogP contribution in [0.4, 0.5) is 5.69 Å². The monoisotopic (exact) mass is 320 g/mol. The van der Waals surface area contributed by atoms with Crippen molar-refractivity contribution in [2.45, 2.75) is 12.5 Å². The molecule has 0 spiro atoms. The van der Waals surface area contributed by atoms with Gasteiger partial charge in [-0.15, -0.1) is 0 Å². The number of para-hydroxylation sites is 1. The van der Waals surface area contributed by atoms with Crippen LogP contribution in [0.5, 0.6) is 0 Å². The first-order valence-corrected chi connectivity index (χ1v) is 6.60. The van der Waals surface area contributed by atoms with Gasteiger partial charge in [0.1, 0.15) is 0 Å². The van der Waals surface area contributed by atoms with E-state index in [1.54, 1.807) is 18.2 Å². The fourth-order valence-corrected chi connectivity index (χ4v) is 2.19. The minimum Gasteiger partial charge on any atom is -0.324 e. The van der Waals surface area contributed by atoms with E-state index in [4.69, 9.17) is 5.73 Å². The van der Waals surface area contributed by atoms with Crippen molar-refractivity contribution in [2.24, 2.45) is 5.73 Å². The van der Waals surface area contributed by atoms with E-state index in [-0.39, 0.29) is 16.7 Å². The first-order chi connectivity index (χ1) is 9.08. The van der Waals surface area contributed by atoms with Gasteiger partial charge in [-0.1, -0.05) is 46.3 Å². The molecule has 4 nitrogen and oxygen atoms in total. The Morgan fingerprint density at radius 1 is 1.16 bits per heavy atom. The maximum atomic E-state index is 10.9. The summed E-state index contributed by atoms with van der Waals surface area (Å²) in [7, 11) is 0. The van der Waals surface area contributed by atoms with Crippen LogP contribution in [-0.4, -0.2) is 4.92 Å². The molecule has 0 aliphatic rings.